The zero-order chi connectivity index (χ0) is 12.4. The maximum absolute atomic E-state index is 4.58. The molecule has 2 aliphatic rings. The number of hydrogen-bond acceptors (Lipinski definition) is 3. The Morgan fingerprint density at radius 3 is 2.61 bits per heavy atom. The molecule has 3 nitrogen and oxygen atoms in total. The lowest BCUT2D eigenvalue weighted by Crippen LogP contribution is -2.18. The van der Waals surface area contributed by atoms with Crippen molar-refractivity contribution in [2.75, 3.05) is 18.9 Å². The van der Waals surface area contributed by atoms with Gasteiger partial charge in [0, 0.05) is 18.3 Å². The topological polar surface area (TPSA) is 28.2 Å². The lowest BCUT2D eigenvalue weighted by Gasteiger charge is -2.20. The third-order valence-electron chi connectivity index (χ3n) is 4.40. The van der Waals surface area contributed by atoms with Crippen molar-refractivity contribution in [3.63, 3.8) is 0 Å². The molecule has 0 unspecified atom stereocenters. The van der Waals surface area contributed by atoms with Crippen LogP contribution in [0.5, 0.6) is 0 Å². The van der Waals surface area contributed by atoms with Crippen LogP contribution in [0.3, 0.4) is 0 Å². The Morgan fingerprint density at radius 2 is 2.00 bits per heavy atom. The molecule has 1 aliphatic carbocycles. The minimum atomic E-state index is 0.582. The molecule has 1 aromatic rings. The highest BCUT2D eigenvalue weighted by atomic mass is 15.1. The summed E-state index contributed by atoms with van der Waals surface area (Å²) in [5.74, 6) is 1.05. The van der Waals surface area contributed by atoms with Crippen molar-refractivity contribution >= 4 is 5.82 Å². The Hall–Kier alpha value is -1.09. The molecule has 3 rings (SSSR count). The molecule has 2 fully saturated rings. The maximum Gasteiger partial charge on any atom is 0.126 e. The van der Waals surface area contributed by atoms with Gasteiger partial charge < -0.3 is 5.32 Å². The highest BCUT2D eigenvalue weighted by Crippen LogP contribution is 2.30. The first-order chi connectivity index (χ1) is 8.83. The largest absolute Gasteiger partial charge is 0.367 e. The van der Waals surface area contributed by atoms with Crippen LogP contribution in [0.25, 0.3) is 0 Å². The van der Waals surface area contributed by atoms with Gasteiger partial charge in [-0.05, 0) is 50.9 Å². The van der Waals surface area contributed by atoms with Gasteiger partial charge in [-0.25, -0.2) is 4.98 Å². The molecule has 0 spiro atoms. The molecular formula is C15H23N3. The molecule has 1 N–H and O–H groups in total. The van der Waals surface area contributed by atoms with Gasteiger partial charge in [0.25, 0.3) is 0 Å². The normalized spacial score (nSPS) is 25.7. The van der Waals surface area contributed by atoms with E-state index >= 15 is 0 Å². The van der Waals surface area contributed by atoms with E-state index in [0.717, 1.165) is 5.82 Å². The Balaban J connectivity index is 1.64. The molecule has 0 amide bonds. The minimum absolute atomic E-state index is 0.582. The zero-order valence-corrected chi connectivity index (χ0v) is 11.2. The van der Waals surface area contributed by atoms with Gasteiger partial charge in [-0.2, -0.15) is 0 Å². The third kappa shape index (κ3) is 2.51. The second-order valence-electron chi connectivity index (χ2n) is 5.74. The summed E-state index contributed by atoms with van der Waals surface area (Å²) in [6.07, 6.45) is 9.97. The predicted molar refractivity (Wildman–Crippen MR) is 74.7 cm³/mol. The van der Waals surface area contributed by atoms with E-state index in [1.807, 2.05) is 0 Å². The molecule has 1 aliphatic heterocycles. The number of likely N-dealkylation sites (tertiary alicyclic amines) is 1. The average molecular weight is 245 g/mol. The summed E-state index contributed by atoms with van der Waals surface area (Å²) in [4.78, 5) is 7.02. The SMILES string of the molecule is CN1CCC[C@@H]1c1ccc(NC2CCCC2)nc1. The number of aromatic nitrogens is 1. The van der Waals surface area contributed by atoms with Crippen molar-refractivity contribution in [1.29, 1.82) is 0 Å². The first-order valence-electron chi connectivity index (χ1n) is 7.25. The molecule has 0 radical (unpaired) electrons. The smallest absolute Gasteiger partial charge is 0.126 e. The number of anilines is 1. The monoisotopic (exact) mass is 245 g/mol. The van der Waals surface area contributed by atoms with Crippen LogP contribution in [-0.2, 0) is 0 Å². The standard InChI is InChI=1S/C15H23N3/c1-18-10-4-7-14(18)12-8-9-15(16-11-12)17-13-5-2-3-6-13/h8-9,11,13-14H,2-7,10H2,1H3,(H,16,17)/t14-/m1/s1. The second-order valence-corrected chi connectivity index (χ2v) is 5.74. The van der Waals surface area contributed by atoms with E-state index in [1.54, 1.807) is 0 Å². The van der Waals surface area contributed by atoms with Crippen molar-refractivity contribution in [2.24, 2.45) is 0 Å². The van der Waals surface area contributed by atoms with Crippen LogP contribution in [0.1, 0.15) is 50.1 Å². The molecular weight excluding hydrogens is 222 g/mol. The Kier molecular flexibility index (Phi) is 3.50. The van der Waals surface area contributed by atoms with E-state index in [1.165, 1.54) is 50.6 Å². The molecule has 18 heavy (non-hydrogen) atoms. The quantitative estimate of drug-likeness (QED) is 0.886. The summed E-state index contributed by atoms with van der Waals surface area (Å²) in [6.45, 7) is 1.22. The van der Waals surface area contributed by atoms with E-state index in [2.05, 4.69) is 40.6 Å². The van der Waals surface area contributed by atoms with Crippen LogP contribution in [0, 0.1) is 0 Å². The molecule has 2 heterocycles. The van der Waals surface area contributed by atoms with Crippen LogP contribution in [-0.4, -0.2) is 29.5 Å². The summed E-state index contributed by atoms with van der Waals surface area (Å²) in [6, 6.07) is 5.63. The number of rotatable bonds is 3. The summed E-state index contributed by atoms with van der Waals surface area (Å²) in [7, 11) is 2.21. The van der Waals surface area contributed by atoms with Gasteiger partial charge in [0.15, 0.2) is 0 Å². The maximum atomic E-state index is 4.58. The van der Waals surface area contributed by atoms with Gasteiger partial charge >= 0.3 is 0 Å². The molecule has 1 atom stereocenters. The van der Waals surface area contributed by atoms with Gasteiger partial charge in [-0.15, -0.1) is 0 Å². The Bertz CT molecular complexity index is 381. The van der Waals surface area contributed by atoms with Gasteiger partial charge in [0.2, 0.25) is 0 Å². The van der Waals surface area contributed by atoms with Crippen LogP contribution >= 0.6 is 0 Å². The van der Waals surface area contributed by atoms with Gasteiger partial charge in [-0.1, -0.05) is 18.9 Å². The molecule has 1 aromatic heterocycles. The van der Waals surface area contributed by atoms with E-state index in [0.29, 0.717) is 12.1 Å². The van der Waals surface area contributed by atoms with Crippen LogP contribution in [0.4, 0.5) is 5.82 Å². The van der Waals surface area contributed by atoms with Gasteiger partial charge in [0.05, 0.1) is 0 Å². The van der Waals surface area contributed by atoms with Crippen molar-refractivity contribution in [1.82, 2.24) is 9.88 Å². The fourth-order valence-electron chi connectivity index (χ4n) is 3.30. The van der Waals surface area contributed by atoms with Crippen LogP contribution in [0.15, 0.2) is 18.3 Å². The summed E-state index contributed by atoms with van der Waals surface area (Å²) < 4.78 is 0. The fourth-order valence-corrected chi connectivity index (χ4v) is 3.30. The summed E-state index contributed by atoms with van der Waals surface area (Å²) in [5, 5.41) is 3.55. The van der Waals surface area contributed by atoms with E-state index in [4.69, 9.17) is 0 Å². The average Bonchev–Trinajstić information content (AvgIpc) is 3.02. The van der Waals surface area contributed by atoms with Crippen molar-refractivity contribution in [2.45, 2.75) is 50.6 Å². The zero-order valence-electron chi connectivity index (χ0n) is 11.2. The van der Waals surface area contributed by atoms with Crippen molar-refractivity contribution < 1.29 is 0 Å². The van der Waals surface area contributed by atoms with E-state index in [9.17, 15) is 0 Å². The van der Waals surface area contributed by atoms with Crippen LogP contribution < -0.4 is 5.32 Å². The van der Waals surface area contributed by atoms with Crippen LogP contribution in [0.2, 0.25) is 0 Å². The number of nitrogens with zero attached hydrogens (tertiary/aromatic N) is 2. The number of hydrogen-bond donors (Lipinski definition) is 1. The first kappa shape index (κ1) is 12.0. The van der Waals surface area contributed by atoms with E-state index in [-0.39, 0.29) is 0 Å². The van der Waals surface area contributed by atoms with Crippen molar-refractivity contribution in [3.8, 4) is 0 Å². The summed E-state index contributed by atoms with van der Waals surface area (Å²) >= 11 is 0. The molecule has 3 heteroatoms. The summed E-state index contributed by atoms with van der Waals surface area (Å²) in [5.41, 5.74) is 1.37. The molecule has 0 aromatic carbocycles. The minimum Gasteiger partial charge on any atom is -0.367 e. The van der Waals surface area contributed by atoms with Gasteiger partial charge in [0.1, 0.15) is 5.82 Å². The number of nitrogens with one attached hydrogen (secondary N) is 1. The highest BCUT2D eigenvalue weighted by molar-refractivity contribution is 5.37. The van der Waals surface area contributed by atoms with E-state index < -0.39 is 0 Å². The number of pyridine rings is 1. The molecule has 98 valence electrons. The molecule has 1 saturated heterocycles. The first-order valence-corrected chi connectivity index (χ1v) is 7.25. The lowest BCUT2D eigenvalue weighted by molar-refractivity contribution is 0.317. The second kappa shape index (κ2) is 5.27. The fraction of sp³-hybridized carbons (Fsp3) is 0.667. The van der Waals surface area contributed by atoms with Crippen molar-refractivity contribution in [3.05, 3.63) is 23.9 Å². The Labute approximate surface area is 110 Å². The predicted octanol–water partition coefficient (Wildman–Crippen LogP) is 3.20. The molecule has 0 bridgehead atoms. The Morgan fingerprint density at radius 1 is 1.17 bits per heavy atom. The highest BCUT2D eigenvalue weighted by Gasteiger charge is 2.22. The lowest BCUT2D eigenvalue weighted by atomic mass is 10.1. The molecule has 1 saturated carbocycles. The third-order valence-corrected chi connectivity index (χ3v) is 4.40. The van der Waals surface area contributed by atoms with Gasteiger partial charge in [-0.3, -0.25) is 4.90 Å².